The number of aryl methyl sites for hydroxylation is 2. The van der Waals surface area contributed by atoms with E-state index in [9.17, 15) is 13.2 Å². The maximum atomic E-state index is 13.0. The van der Waals surface area contributed by atoms with Crippen molar-refractivity contribution in [2.45, 2.75) is 31.8 Å². The molecule has 0 aliphatic rings. The summed E-state index contributed by atoms with van der Waals surface area (Å²) in [5.41, 5.74) is 1.63. The van der Waals surface area contributed by atoms with Crippen molar-refractivity contribution in [2.75, 3.05) is 6.54 Å². The van der Waals surface area contributed by atoms with Gasteiger partial charge in [-0.05, 0) is 25.1 Å². The molecule has 3 rings (SSSR count). The molecule has 0 fully saturated rings. The van der Waals surface area contributed by atoms with Crippen LogP contribution >= 0.6 is 0 Å². The lowest BCUT2D eigenvalue weighted by molar-refractivity contribution is 0.423. The highest BCUT2D eigenvalue weighted by atomic mass is 32.2. The van der Waals surface area contributed by atoms with Crippen LogP contribution in [0.15, 0.2) is 44.7 Å². The lowest BCUT2D eigenvalue weighted by atomic mass is 10.3. The van der Waals surface area contributed by atoms with E-state index in [1.165, 1.54) is 27.1 Å². The van der Waals surface area contributed by atoms with Crippen molar-refractivity contribution in [2.24, 2.45) is 7.05 Å². The molecule has 0 N–H and O–H groups in total. The van der Waals surface area contributed by atoms with Crippen molar-refractivity contribution >= 4 is 21.1 Å². The first kappa shape index (κ1) is 17.4. The molecule has 0 aliphatic carbocycles. The molecule has 0 unspecified atom stereocenters. The Balaban J connectivity index is 1.97. The zero-order chi connectivity index (χ0) is 18.2. The van der Waals surface area contributed by atoms with Crippen LogP contribution in [0.1, 0.15) is 19.4 Å². The summed E-state index contributed by atoms with van der Waals surface area (Å²) in [5.74, 6) is -0.524. The van der Waals surface area contributed by atoms with Gasteiger partial charge < -0.3 is 4.42 Å². The molecule has 0 saturated carbocycles. The number of aromatic nitrogens is 3. The maximum Gasteiger partial charge on any atom is 0.419 e. The fourth-order valence-corrected chi connectivity index (χ4v) is 4.11. The molecule has 0 aliphatic heterocycles. The molecule has 2 aromatic heterocycles. The Kier molecular flexibility index (Phi) is 4.53. The number of sulfonamides is 1. The molecule has 0 amide bonds. The molecule has 3 aromatic rings. The van der Waals surface area contributed by atoms with Gasteiger partial charge in [-0.2, -0.15) is 9.40 Å². The van der Waals surface area contributed by atoms with Crippen LogP contribution in [0.25, 0.3) is 11.1 Å². The zero-order valence-electron chi connectivity index (χ0n) is 14.3. The lowest BCUT2D eigenvalue weighted by Gasteiger charge is -2.19. The molecule has 0 spiro atoms. The largest absolute Gasteiger partial charge is 0.419 e. The monoisotopic (exact) mass is 364 g/mol. The molecule has 0 bridgehead atoms. The van der Waals surface area contributed by atoms with Crippen molar-refractivity contribution in [3.63, 3.8) is 0 Å². The van der Waals surface area contributed by atoms with Crippen molar-refractivity contribution in [1.82, 2.24) is 18.7 Å². The Morgan fingerprint density at radius 2 is 2.04 bits per heavy atom. The van der Waals surface area contributed by atoms with E-state index in [2.05, 4.69) is 5.10 Å². The van der Waals surface area contributed by atoms with Crippen molar-refractivity contribution < 1.29 is 12.8 Å². The number of hydrogen-bond donors (Lipinski definition) is 0. The van der Waals surface area contributed by atoms with Crippen LogP contribution < -0.4 is 5.76 Å². The van der Waals surface area contributed by atoms with Gasteiger partial charge in [-0.25, -0.2) is 13.2 Å². The van der Waals surface area contributed by atoms with Gasteiger partial charge in [0.25, 0.3) is 0 Å². The Morgan fingerprint density at radius 1 is 1.28 bits per heavy atom. The number of fused-ring (bicyclic) bond motifs is 1. The molecule has 2 heterocycles. The van der Waals surface area contributed by atoms with E-state index >= 15 is 0 Å². The molecule has 0 radical (unpaired) electrons. The van der Waals surface area contributed by atoms with E-state index < -0.39 is 15.8 Å². The number of rotatable bonds is 6. The highest BCUT2D eigenvalue weighted by Gasteiger charge is 2.25. The van der Waals surface area contributed by atoms with Crippen LogP contribution in [0.2, 0.25) is 0 Å². The van der Waals surface area contributed by atoms with Gasteiger partial charge in [0, 0.05) is 38.4 Å². The molecule has 25 heavy (non-hydrogen) atoms. The minimum atomic E-state index is -3.71. The highest BCUT2D eigenvalue weighted by Crippen LogP contribution is 2.22. The Labute approximate surface area is 145 Å². The summed E-state index contributed by atoms with van der Waals surface area (Å²) in [4.78, 5) is 11.7. The fourth-order valence-electron chi connectivity index (χ4n) is 2.65. The standard InChI is InChI=1S/C16H20N4O4S/c1-4-19-10-12(9-17-19)11-20(5-2)25(22,23)13-6-7-15-14(8-13)18(3)16(21)24-15/h6-10H,4-5,11H2,1-3H3. The summed E-state index contributed by atoms with van der Waals surface area (Å²) < 4.78 is 35.4. The molecule has 1 aromatic carbocycles. The van der Waals surface area contributed by atoms with E-state index in [-0.39, 0.29) is 11.4 Å². The van der Waals surface area contributed by atoms with Gasteiger partial charge in [-0.15, -0.1) is 0 Å². The second-order valence-corrected chi connectivity index (χ2v) is 7.63. The summed E-state index contributed by atoms with van der Waals surface area (Å²) in [7, 11) is -2.16. The Bertz CT molecular complexity index is 1060. The first-order valence-electron chi connectivity index (χ1n) is 7.98. The quantitative estimate of drug-likeness (QED) is 0.662. The van der Waals surface area contributed by atoms with E-state index in [4.69, 9.17) is 4.42 Å². The smallest absolute Gasteiger partial charge is 0.408 e. The highest BCUT2D eigenvalue weighted by molar-refractivity contribution is 7.89. The Hall–Kier alpha value is -2.39. The summed E-state index contributed by atoms with van der Waals surface area (Å²) >= 11 is 0. The van der Waals surface area contributed by atoms with Gasteiger partial charge >= 0.3 is 5.76 Å². The summed E-state index contributed by atoms with van der Waals surface area (Å²) in [6, 6.07) is 4.43. The van der Waals surface area contributed by atoms with E-state index in [1.54, 1.807) is 24.9 Å². The molecule has 8 nitrogen and oxygen atoms in total. The van der Waals surface area contributed by atoms with Crippen LogP contribution in [-0.2, 0) is 30.2 Å². The SMILES string of the molecule is CCN(Cc1cnn(CC)c1)S(=O)(=O)c1ccc2oc(=O)n(C)c2c1. The van der Waals surface area contributed by atoms with E-state index in [1.807, 2.05) is 13.1 Å². The van der Waals surface area contributed by atoms with Gasteiger partial charge in [0.1, 0.15) is 0 Å². The van der Waals surface area contributed by atoms with Gasteiger partial charge in [-0.3, -0.25) is 9.25 Å². The summed E-state index contributed by atoms with van der Waals surface area (Å²) in [6.45, 7) is 5.04. The number of benzene rings is 1. The zero-order valence-corrected chi connectivity index (χ0v) is 15.2. The van der Waals surface area contributed by atoms with Crippen LogP contribution in [-0.4, -0.2) is 33.6 Å². The molecular weight excluding hydrogens is 344 g/mol. The fraction of sp³-hybridized carbons (Fsp3) is 0.375. The van der Waals surface area contributed by atoms with Crippen molar-refractivity contribution in [3.8, 4) is 0 Å². The van der Waals surface area contributed by atoms with Gasteiger partial charge in [0.05, 0.1) is 16.6 Å². The van der Waals surface area contributed by atoms with E-state index in [0.717, 1.165) is 12.1 Å². The summed E-state index contributed by atoms with van der Waals surface area (Å²) in [6.07, 6.45) is 3.51. The average molecular weight is 364 g/mol. The predicted molar refractivity (Wildman–Crippen MR) is 92.6 cm³/mol. The first-order chi connectivity index (χ1) is 11.9. The maximum absolute atomic E-state index is 13.0. The minimum Gasteiger partial charge on any atom is -0.408 e. The van der Waals surface area contributed by atoms with Crippen molar-refractivity contribution in [1.29, 1.82) is 0 Å². The molecule has 134 valence electrons. The summed E-state index contributed by atoms with van der Waals surface area (Å²) in [5, 5.41) is 4.18. The third-order valence-corrected chi connectivity index (χ3v) is 6.04. The third-order valence-electron chi connectivity index (χ3n) is 4.12. The van der Waals surface area contributed by atoms with Crippen LogP contribution in [0.4, 0.5) is 0 Å². The topological polar surface area (TPSA) is 90.3 Å². The van der Waals surface area contributed by atoms with Gasteiger partial charge in [-0.1, -0.05) is 6.92 Å². The molecular formula is C16H20N4O4S. The first-order valence-corrected chi connectivity index (χ1v) is 9.42. The van der Waals surface area contributed by atoms with Crippen LogP contribution in [0.3, 0.4) is 0 Å². The predicted octanol–water partition coefficient (Wildman–Crippen LogP) is 1.56. The van der Waals surface area contributed by atoms with Gasteiger partial charge in [0.2, 0.25) is 10.0 Å². The second-order valence-electron chi connectivity index (χ2n) is 5.69. The third kappa shape index (κ3) is 3.12. The van der Waals surface area contributed by atoms with Crippen molar-refractivity contribution in [3.05, 3.63) is 46.7 Å². The second kappa shape index (κ2) is 6.49. The van der Waals surface area contributed by atoms with E-state index in [0.29, 0.717) is 17.6 Å². The number of oxazole rings is 1. The lowest BCUT2D eigenvalue weighted by Crippen LogP contribution is -2.30. The molecule has 0 saturated heterocycles. The molecule has 9 heteroatoms. The van der Waals surface area contributed by atoms with Crippen LogP contribution in [0, 0.1) is 0 Å². The normalized spacial score (nSPS) is 12.3. The number of hydrogen-bond acceptors (Lipinski definition) is 5. The average Bonchev–Trinajstić information content (AvgIpc) is 3.17. The number of nitrogens with zero attached hydrogens (tertiary/aromatic N) is 4. The van der Waals surface area contributed by atoms with Gasteiger partial charge in [0.15, 0.2) is 5.58 Å². The minimum absolute atomic E-state index is 0.126. The Morgan fingerprint density at radius 3 is 2.68 bits per heavy atom. The molecule has 0 atom stereocenters. The van der Waals surface area contributed by atoms with Crippen LogP contribution in [0.5, 0.6) is 0 Å².